The van der Waals surface area contributed by atoms with Gasteiger partial charge in [-0.15, -0.1) is 0 Å². The number of urea groups is 1. The lowest BCUT2D eigenvalue weighted by Gasteiger charge is -2.25. The lowest BCUT2D eigenvalue weighted by Crippen LogP contribution is -2.50. The molecule has 1 aliphatic heterocycles. The average molecular weight is 285 g/mol. The van der Waals surface area contributed by atoms with Crippen LogP contribution in [-0.4, -0.2) is 47.3 Å². The van der Waals surface area contributed by atoms with Crippen molar-refractivity contribution in [1.82, 2.24) is 15.5 Å². The Hall–Kier alpha value is -1.46. The first-order valence-corrected chi connectivity index (χ1v) is 7.03. The normalized spacial score (nSPS) is 19.7. The molecule has 2 N–H and O–H groups in total. The van der Waals surface area contributed by atoms with E-state index in [1.54, 1.807) is 4.90 Å². The van der Waals surface area contributed by atoms with Crippen molar-refractivity contribution >= 4 is 12.1 Å². The van der Waals surface area contributed by atoms with Crippen molar-refractivity contribution in [3.63, 3.8) is 0 Å². The van der Waals surface area contributed by atoms with Crippen LogP contribution in [0.25, 0.3) is 0 Å². The zero-order chi connectivity index (χ0) is 15.6. The largest absolute Gasteiger partial charge is 0.444 e. The SMILES string of the molecule is CC(C)(C)NC(=O)N[C@@H]1CCN(C(=O)OC(C)(C)C)C1. The van der Waals surface area contributed by atoms with Crippen LogP contribution in [0.5, 0.6) is 0 Å². The second kappa shape index (κ2) is 5.89. The molecule has 3 amide bonds. The van der Waals surface area contributed by atoms with Crippen molar-refractivity contribution in [2.45, 2.75) is 65.1 Å². The summed E-state index contributed by atoms with van der Waals surface area (Å²) in [5, 5.41) is 5.73. The zero-order valence-electron chi connectivity index (χ0n) is 13.4. The molecular formula is C14H27N3O3. The molecule has 116 valence electrons. The fourth-order valence-electron chi connectivity index (χ4n) is 1.93. The van der Waals surface area contributed by atoms with Gasteiger partial charge < -0.3 is 20.3 Å². The van der Waals surface area contributed by atoms with Crippen molar-refractivity contribution in [2.24, 2.45) is 0 Å². The molecule has 0 radical (unpaired) electrons. The van der Waals surface area contributed by atoms with Crippen molar-refractivity contribution in [3.05, 3.63) is 0 Å². The summed E-state index contributed by atoms with van der Waals surface area (Å²) in [5.41, 5.74) is -0.764. The van der Waals surface area contributed by atoms with E-state index in [2.05, 4.69) is 10.6 Å². The second-order valence-corrected chi connectivity index (χ2v) is 7.26. The van der Waals surface area contributed by atoms with Gasteiger partial charge in [0, 0.05) is 24.7 Å². The summed E-state index contributed by atoms with van der Waals surface area (Å²) >= 11 is 0. The Morgan fingerprint density at radius 1 is 1.15 bits per heavy atom. The van der Waals surface area contributed by atoms with E-state index < -0.39 is 5.60 Å². The molecule has 1 aliphatic rings. The van der Waals surface area contributed by atoms with Gasteiger partial charge in [-0.25, -0.2) is 9.59 Å². The number of nitrogens with zero attached hydrogens (tertiary/aromatic N) is 1. The van der Waals surface area contributed by atoms with Gasteiger partial charge in [0.05, 0.1) is 0 Å². The Kier molecular flexibility index (Phi) is 4.89. The first kappa shape index (κ1) is 16.6. The molecule has 0 spiro atoms. The van der Waals surface area contributed by atoms with Crippen LogP contribution in [-0.2, 0) is 4.74 Å². The number of likely N-dealkylation sites (tertiary alicyclic amines) is 1. The van der Waals surface area contributed by atoms with Gasteiger partial charge >= 0.3 is 12.1 Å². The van der Waals surface area contributed by atoms with Gasteiger partial charge in [0.15, 0.2) is 0 Å². The molecule has 1 rings (SSSR count). The second-order valence-electron chi connectivity index (χ2n) is 7.26. The highest BCUT2D eigenvalue weighted by atomic mass is 16.6. The van der Waals surface area contributed by atoms with Gasteiger partial charge in [-0.3, -0.25) is 0 Å². The molecule has 0 aromatic carbocycles. The number of hydrogen-bond donors (Lipinski definition) is 2. The summed E-state index contributed by atoms with van der Waals surface area (Å²) in [6.07, 6.45) is 0.426. The molecule has 1 saturated heterocycles. The molecule has 20 heavy (non-hydrogen) atoms. The van der Waals surface area contributed by atoms with E-state index in [9.17, 15) is 9.59 Å². The minimum Gasteiger partial charge on any atom is -0.444 e. The lowest BCUT2D eigenvalue weighted by molar-refractivity contribution is 0.0291. The van der Waals surface area contributed by atoms with E-state index in [0.29, 0.717) is 13.1 Å². The summed E-state index contributed by atoms with van der Waals surface area (Å²) in [5.74, 6) is 0. The Labute approximate surface area is 121 Å². The van der Waals surface area contributed by atoms with Crippen LogP contribution >= 0.6 is 0 Å². The Balaban J connectivity index is 2.40. The van der Waals surface area contributed by atoms with Gasteiger partial charge in [0.2, 0.25) is 0 Å². The minimum absolute atomic E-state index is 0.0233. The number of carbonyl (C=O) groups is 2. The Morgan fingerprint density at radius 3 is 2.25 bits per heavy atom. The molecule has 1 atom stereocenters. The van der Waals surface area contributed by atoms with Gasteiger partial charge in [0.1, 0.15) is 5.60 Å². The van der Waals surface area contributed by atoms with Crippen LogP contribution in [0.3, 0.4) is 0 Å². The van der Waals surface area contributed by atoms with E-state index in [1.165, 1.54) is 0 Å². The number of carbonyl (C=O) groups excluding carboxylic acids is 2. The fourth-order valence-corrected chi connectivity index (χ4v) is 1.93. The fraction of sp³-hybridized carbons (Fsp3) is 0.857. The monoisotopic (exact) mass is 285 g/mol. The first-order chi connectivity index (χ1) is 8.96. The molecule has 6 nitrogen and oxygen atoms in total. The van der Waals surface area contributed by atoms with E-state index in [4.69, 9.17) is 4.74 Å². The number of amides is 3. The van der Waals surface area contributed by atoms with E-state index in [0.717, 1.165) is 6.42 Å². The summed E-state index contributed by atoms with van der Waals surface area (Å²) < 4.78 is 5.31. The smallest absolute Gasteiger partial charge is 0.410 e. The Morgan fingerprint density at radius 2 is 1.75 bits per heavy atom. The van der Waals surface area contributed by atoms with Gasteiger partial charge in [0.25, 0.3) is 0 Å². The lowest BCUT2D eigenvalue weighted by atomic mass is 10.1. The maximum Gasteiger partial charge on any atom is 0.410 e. The highest BCUT2D eigenvalue weighted by Gasteiger charge is 2.30. The molecule has 0 bridgehead atoms. The zero-order valence-corrected chi connectivity index (χ0v) is 13.4. The topological polar surface area (TPSA) is 70.7 Å². The van der Waals surface area contributed by atoms with Crippen LogP contribution in [0, 0.1) is 0 Å². The molecule has 0 aromatic rings. The molecule has 0 unspecified atom stereocenters. The quantitative estimate of drug-likeness (QED) is 0.775. The van der Waals surface area contributed by atoms with Crippen molar-refractivity contribution in [3.8, 4) is 0 Å². The first-order valence-electron chi connectivity index (χ1n) is 7.03. The summed E-state index contributed by atoms with van der Waals surface area (Å²) in [4.78, 5) is 25.3. The maximum atomic E-state index is 11.9. The summed E-state index contributed by atoms with van der Waals surface area (Å²) in [6.45, 7) is 12.4. The van der Waals surface area contributed by atoms with Gasteiger partial charge in [-0.1, -0.05) is 0 Å². The summed E-state index contributed by atoms with van der Waals surface area (Å²) in [7, 11) is 0. The van der Waals surface area contributed by atoms with Crippen molar-refractivity contribution in [1.29, 1.82) is 0 Å². The van der Waals surface area contributed by atoms with Gasteiger partial charge in [-0.2, -0.15) is 0 Å². The molecule has 0 aliphatic carbocycles. The predicted molar refractivity (Wildman–Crippen MR) is 77.6 cm³/mol. The predicted octanol–water partition coefficient (Wildman–Crippen LogP) is 2.09. The van der Waals surface area contributed by atoms with Crippen LogP contribution in [0.2, 0.25) is 0 Å². The number of hydrogen-bond acceptors (Lipinski definition) is 3. The van der Waals surface area contributed by atoms with E-state index >= 15 is 0 Å². The third-order valence-electron chi connectivity index (χ3n) is 2.66. The van der Waals surface area contributed by atoms with E-state index in [-0.39, 0.29) is 23.7 Å². The van der Waals surface area contributed by atoms with E-state index in [1.807, 2.05) is 41.5 Å². The molecular weight excluding hydrogens is 258 g/mol. The highest BCUT2D eigenvalue weighted by Crippen LogP contribution is 2.15. The number of nitrogens with one attached hydrogen (secondary N) is 2. The maximum absolute atomic E-state index is 11.9. The summed E-state index contributed by atoms with van der Waals surface area (Å²) in [6, 6.07) is -0.224. The number of ether oxygens (including phenoxy) is 1. The minimum atomic E-state index is -0.494. The van der Waals surface area contributed by atoms with Crippen molar-refractivity contribution < 1.29 is 14.3 Å². The molecule has 0 saturated carbocycles. The van der Waals surface area contributed by atoms with Crippen LogP contribution in [0.15, 0.2) is 0 Å². The van der Waals surface area contributed by atoms with Crippen LogP contribution < -0.4 is 10.6 Å². The molecule has 0 aromatic heterocycles. The Bertz CT molecular complexity index is 369. The van der Waals surface area contributed by atoms with Crippen LogP contribution in [0.4, 0.5) is 9.59 Å². The van der Waals surface area contributed by atoms with Crippen molar-refractivity contribution in [2.75, 3.05) is 13.1 Å². The van der Waals surface area contributed by atoms with Gasteiger partial charge in [-0.05, 0) is 48.0 Å². The highest BCUT2D eigenvalue weighted by molar-refractivity contribution is 5.75. The average Bonchev–Trinajstić information content (AvgIpc) is 2.59. The third kappa shape index (κ3) is 6.12. The molecule has 6 heteroatoms. The number of rotatable bonds is 1. The molecule has 1 fully saturated rings. The molecule has 1 heterocycles. The standard InChI is InChI=1S/C14H27N3O3/c1-13(2,3)16-11(18)15-10-7-8-17(9-10)12(19)20-14(4,5)6/h10H,7-9H2,1-6H3,(H2,15,16,18)/t10-/m1/s1. The third-order valence-corrected chi connectivity index (χ3v) is 2.66. The van der Waals surface area contributed by atoms with Crippen LogP contribution in [0.1, 0.15) is 48.0 Å².